The number of amides is 1. The summed E-state index contributed by atoms with van der Waals surface area (Å²) in [5, 5.41) is 0. The molecule has 6 heteroatoms. The monoisotopic (exact) mass is 346 g/mol. The van der Waals surface area contributed by atoms with Crippen molar-refractivity contribution in [1.29, 1.82) is 0 Å². The first-order valence-electron chi connectivity index (χ1n) is 8.99. The zero-order valence-corrected chi connectivity index (χ0v) is 15.2. The normalized spacial score (nSPS) is 20.9. The highest BCUT2D eigenvalue weighted by molar-refractivity contribution is 6.03. The number of aromatic nitrogens is 1. The van der Waals surface area contributed by atoms with Crippen LogP contribution in [0.3, 0.4) is 0 Å². The quantitative estimate of drug-likeness (QED) is 0.779. The first-order valence-corrected chi connectivity index (χ1v) is 8.99. The number of Topliss-reactive ketones (excluding diaryl/α,β-unsaturated/α-hetero) is 1. The summed E-state index contributed by atoms with van der Waals surface area (Å²) in [5.41, 5.74) is -0.133. The van der Waals surface area contributed by atoms with Crippen molar-refractivity contribution in [2.24, 2.45) is 0 Å². The van der Waals surface area contributed by atoms with Crippen molar-refractivity contribution in [3.05, 3.63) is 24.0 Å². The van der Waals surface area contributed by atoms with Gasteiger partial charge >= 0.3 is 6.09 Å². The Bertz CT molecular complexity index is 649. The van der Waals surface area contributed by atoms with Crippen LogP contribution in [0, 0.1) is 0 Å². The third-order valence-electron chi connectivity index (χ3n) is 4.30. The zero-order valence-electron chi connectivity index (χ0n) is 15.2. The summed E-state index contributed by atoms with van der Waals surface area (Å²) in [6.07, 6.45) is 7.39. The molecule has 136 valence electrons. The first kappa shape index (κ1) is 17.7. The van der Waals surface area contributed by atoms with Crippen LogP contribution in [0.15, 0.2) is 18.5 Å². The van der Waals surface area contributed by atoms with E-state index in [1.165, 1.54) is 0 Å². The summed E-state index contributed by atoms with van der Waals surface area (Å²) < 4.78 is 11.3. The summed E-state index contributed by atoms with van der Waals surface area (Å²) in [6, 6.07) is 1.21. The van der Waals surface area contributed by atoms with Gasteiger partial charge in [0.25, 0.3) is 0 Å². The number of pyridine rings is 1. The molecule has 0 N–H and O–H groups in total. The lowest BCUT2D eigenvalue weighted by molar-refractivity contribution is 0.0104. The Kier molecular flexibility index (Phi) is 4.97. The highest BCUT2D eigenvalue weighted by Crippen LogP contribution is 2.31. The molecule has 0 radical (unpaired) electrons. The van der Waals surface area contributed by atoms with E-state index in [0.717, 1.165) is 25.7 Å². The highest BCUT2D eigenvalue weighted by Gasteiger charge is 2.36. The van der Waals surface area contributed by atoms with E-state index in [0.29, 0.717) is 24.3 Å². The van der Waals surface area contributed by atoms with Gasteiger partial charge in [0.15, 0.2) is 5.78 Å². The Hall–Kier alpha value is -2.11. The molecule has 1 aliphatic carbocycles. The molecule has 1 saturated heterocycles. The second-order valence-corrected chi connectivity index (χ2v) is 7.74. The van der Waals surface area contributed by atoms with Gasteiger partial charge in [-0.3, -0.25) is 14.7 Å². The molecule has 1 saturated carbocycles. The number of hydrogen-bond donors (Lipinski definition) is 0. The van der Waals surface area contributed by atoms with E-state index in [1.807, 2.05) is 20.8 Å². The van der Waals surface area contributed by atoms with Gasteiger partial charge in [-0.2, -0.15) is 0 Å². The van der Waals surface area contributed by atoms with Gasteiger partial charge in [0, 0.05) is 18.9 Å². The van der Waals surface area contributed by atoms with Crippen LogP contribution in [0.2, 0.25) is 0 Å². The van der Waals surface area contributed by atoms with Crippen LogP contribution in [0.1, 0.15) is 63.2 Å². The van der Waals surface area contributed by atoms with Crippen LogP contribution in [-0.2, 0) is 4.74 Å². The number of nitrogens with zero attached hydrogens (tertiary/aromatic N) is 2. The fourth-order valence-electron chi connectivity index (χ4n) is 2.96. The second-order valence-electron chi connectivity index (χ2n) is 7.74. The zero-order chi connectivity index (χ0) is 18.0. The average Bonchev–Trinajstić information content (AvgIpc) is 3.37. The fourth-order valence-corrected chi connectivity index (χ4v) is 2.96. The molecule has 1 aromatic rings. The van der Waals surface area contributed by atoms with E-state index >= 15 is 0 Å². The van der Waals surface area contributed by atoms with Crippen LogP contribution in [0.25, 0.3) is 0 Å². The number of ketones is 1. The van der Waals surface area contributed by atoms with Crippen molar-refractivity contribution in [3.63, 3.8) is 0 Å². The van der Waals surface area contributed by atoms with Gasteiger partial charge < -0.3 is 9.47 Å². The maximum absolute atomic E-state index is 13.1. The van der Waals surface area contributed by atoms with Crippen molar-refractivity contribution < 1.29 is 19.1 Å². The number of likely N-dealkylation sites (tertiary alicyclic amines) is 1. The number of piperidine rings is 1. The predicted molar refractivity (Wildman–Crippen MR) is 92.8 cm³/mol. The van der Waals surface area contributed by atoms with Gasteiger partial charge in [-0.1, -0.05) is 0 Å². The summed E-state index contributed by atoms with van der Waals surface area (Å²) in [7, 11) is 0. The Morgan fingerprint density at radius 2 is 1.96 bits per heavy atom. The van der Waals surface area contributed by atoms with Gasteiger partial charge in [-0.05, 0) is 58.9 Å². The van der Waals surface area contributed by atoms with E-state index in [-0.39, 0.29) is 11.9 Å². The summed E-state index contributed by atoms with van der Waals surface area (Å²) in [4.78, 5) is 31.3. The molecule has 2 fully saturated rings. The molecule has 1 amide bonds. The van der Waals surface area contributed by atoms with E-state index < -0.39 is 17.7 Å². The lowest BCUT2D eigenvalue weighted by Crippen LogP contribution is -2.49. The molecule has 1 aromatic heterocycles. The minimum Gasteiger partial charge on any atom is -0.490 e. The molecule has 0 aromatic carbocycles. The number of rotatable bonds is 4. The molecule has 0 bridgehead atoms. The predicted octanol–water partition coefficient (Wildman–Crippen LogP) is 3.60. The van der Waals surface area contributed by atoms with Crippen molar-refractivity contribution in [2.45, 2.75) is 70.6 Å². The molecule has 0 spiro atoms. The molecule has 2 heterocycles. The lowest BCUT2D eigenvalue weighted by atomic mass is 9.95. The Labute approximate surface area is 148 Å². The lowest BCUT2D eigenvalue weighted by Gasteiger charge is -2.36. The second kappa shape index (κ2) is 7.02. The van der Waals surface area contributed by atoms with Gasteiger partial charge in [0.1, 0.15) is 11.4 Å². The average molecular weight is 346 g/mol. The molecular formula is C19H26N2O4. The van der Waals surface area contributed by atoms with Crippen LogP contribution >= 0.6 is 0 Å². The standard InChI is InChI=1S/C19H26N2O4/c1-19(2,3)25-18(23)21-11-5-4-6-15(21)17(22)14-12-20-10-9-16(14)24-13-7-8-13/h9-10,12-13,15H,4-8,11H2,1-3H3/t15-/m0/s1. The fraction of sp³-hybridized carbons (Fsp3) is 0.632. The molecule has 1 aliphatic heterocycles. The Morgan fingerprint density at radius 3 is 2.64 bits per heavy atom. The Morgan fingerprint density at radius 1 is 1.20 bits per heavy atom. The van der Waals surface area contributed by atoms with Gasteiger partial charge in [-0.15, -0.1) is 0 Å². The molecule has 3 rings (SSSR count). The highest BCUT2D eigenvalue weighted by atomic mass is 16.6. The van der Waals surface area contributed by atoms with E-state index in [1.54, 1.807) is 23.4 Å². The van der Waals surface area contributed by atoms with Crippen molar-refractivity contribution in [3.8, 4) is 5.75 Å². The first-order chi connectivity index (χ1) is 11.8. The molecule has 2 aliphatic rings. The van der Waals surface area contributed by atoms with Crippen molar-refractivity contribution in [2.75, 3.05) is 6.54 Å². The molecule has 25 heavy (non-hydrogen) atoms. The van der Waals surface area contributed by atoms with E-state index in [2.05, 4.69) is 4.98 Å². The SMILES string of the molecule is CC(C)(C)OC(=O)N1CCCC[C@H]1C(=O)c1cnccc1OC1CC1. The van der Waals surface area contributed by atoms with Crippen molar-refractivity contribution >= 4 is 11.9 Å². The molecule has 1 atom stereocenters. The van der Waals surface area contributed by atoms with E-state index in [4.69, 9.17) is 9.47 Å². The van der Waals surface area contributed by atoms with Gasteiger partial charge in [0.2, 0.25) is 0 Å². The van der Waals surface area contributed by atoms with Crippen LogP contribution in [0.5, 0.6) is 5.75 Å². The smallest absolute Gasteiger partial charge is 0.410 e. The molecule has 0 unspecified atom stereocenters. The minimum atomic E-state index is -0.587. The van der Waals surface area contributed by atoms with Crippen molar-refractivity contribution in [1.82, 2.24) is 9.88 Å². The third kappa shape index (κ3) is 4.50. The molecular weight excluding hydrogens is 320 g/mol. The number of carbonyl (C=O) groups is 2. The van der Waals surface area contributed by atoms with Crippen LogP contribution in [-0.4, -0.2) is 46.1 Å². The Balaban J connectivity index is 1.80. The van der Waals surface area contributed by atoms with Gasteiger partial charge in [-0.25, -0.2) is 4.79 Å². The number of hydrogen-bond acceptors (Lipinski definition) is 5. The largest absolute Gasteiger partial charge is 0.490 e. The maximum atomic E-state index is 13.1. The van der Waals surface area contributed by atoms with Crippen LogP contribution in [0.4, 0.5) is 4.79 Å². The molecule has 6 nitrogen and oxygen atoms in total. The number of ether oxygens (including phenoxy) is 2. The summed E-state index contributed by atoms with van der Waals surface area (Å²) in [5.74, 6) is 0.450. The van der Waals surface area contributed by atoms with Gasteiger partial charge in [0.05, 0.1) is 17.7 Å². The minimum absolute atomic E-state index is 0.116. The topological polar surface area (TPSA) is 68.7 Å². The van der Waals surface area contributed by atoms with E-state index in [9.17, 15) is 9.59 Å². The van der Waals surface area contributed by atoms with Crippen LogP contribution < -0.4 is 4.74 Å². The summed E-state index contributed by atoms with van der Waals surface area (Å²) in [6.45, 7) is 6.02. The maximum Gasteiger partial charge on any atom is 0.410 e. The number of carbonyl (C=O) groups excluding carboxylic acids is 2. The third-order valence-corrected chi connectivity index (χ3v) is 4.30. The summed E-state index contributed by atoms with van der Waals surface area (Å²) >= 11 is 0.